The number of aromatic nitrogens is 2. The van der Waals surface area contributed by atoms with E-state index in [0.717, 1.165) is 5.69 Å². The molecular weight excluding hydrogens is 265 g/mol. The van der Waals surface area contributed by atoms with E-state index in [9.17, 15) is 4.39 Å². The van der Waals surface area contributed by atoms with Crippen molar-refractivity contribution in [2.45, 2.75) is 6.92 Å². The lowest BCUT2D eigenvalue weighted by molar-refractivity contribution is 0.630. The molecule has 0 unspecified atom stereocenters. The van der Waals surface area contributed by atoms with Crippen LogP contribution in [0, 0.1) is 12.7 Å². The minimum Gasteiger partial charge on any atom is -0.340 e. The van der Waals surface area contributed by atoms with Gasteiger partial charge in [-0.25, -0.2) is 14.4 Å². The van der Waals surface area contributed by atoms with Gasteiger partial charge in [0.1, 0.15) is 17.5 Å². The number of halogens is 1. The van der Waals surface area contributed by atoms with Gasteiger partial charge in [-0.3, -0.25) is 0 Å². The third-order valence-electron chi connectivity index (χ3n) is 3.03. The Morgan fingerprint density at radius 2 is 1.62 bits per heavy atom. The van der Waals surface area contributed by atoms with Gasteiger partial charge in [0, 0.05) is 17.3 Å². The summed E-state index contributed by atoms with van der Waals surface area (Å²) in [5.74, 6) is 0.947. The maximum absolute atomic E-state index is 13.9. The van der Waals surface area contributed by atoms with E-state index in [1.807, 2.05) is 30.3 Å². The molecule has 21 heavy (non-hydrogen) atoms. The van der Waals surface area contributed by atoms with Gasteiger partial charge in [0.2, 0.25) is 0 Å². The Morgan fingerprint density at radius 1 is 0.905 bits per heavy atom. The van der Waals surface area contributed by atoms with Gasteiger partial charge in [-0.2, -0.15) is 0 Å². The van der Waals surface area contributed by atoms with Gasteiger partial charge < -0.3 is 5.32 Å². The van der Waals surface area contributed by atoms with Crippen LogP contribution in [0.25, 0.3) is 11.3 Å². The number of nitrogens with one attached hydrogen (secondary N) is 1. The van der Waals surface area contributed by atoms with Crippen molar-refractivity contribution in [1.29, 1.82) is 0 Å². The Bertz CT molecular complexity index is 757. The third kappa shape index (κ3) is 3.05. The predicted molar refractivity (Wildman–Crippen MR) is 81.9 cm³/mol. The number of benzene rings is 2. The molecule has 104 valence electrons. The molecule has 0 aliphatic rings. The van der Waals surface area contributed by atoms with Crippen molar-refractivity contribution < 1.29 is 4.39 Å². The van der Waals surface area contributed by atoms with Crippen LogP contribution in [0.15, 0.2) is 60.7 Å². The monoisotopic (exact) mass is 279 g/mol. The molecule has 0 amide bonds. The molecule has 0 spiro atoms. The predicted octanol–water partition coefficient (Wildman–Crippen LogP) is 4.33. The smallest absolute Gasteiger partial charge is 0.134 e. The van der Waals surface area contributed by atoms with Crippen LogP contribution >= 0.6 is 0 Å². The molecule has 2 aromatic carbocycles. The van der Waals surface area contributed by atoms with Crippen LogP contribution in [0.1, 0.15) is 5.82 Å². The Morgan fingerprint density at radius 3 is 2.38 bits per heavy atom. The third-order valence-corrected chi connectivity index (χ3v) is 3.03. The van der Waals surface area contributed by atoms with Crippen LogP contribution in [0.3, 0.4) is 0 Å². The van der Waals surface area contributed by atoms with Crippen molar-refractivity contribution >= 4 is 11.5 Å². The average Bonchev–Trinajstić information content (AvgIpc) is 2.48. The Labute approximate surface area is 122 Å². The highest BCUT2D eigenvalue weighted by atomic mass is 19.1. The fraction of sp³-hybridized carbons (Fsp3) is 0.0588. The van der Waals surface area contributed by atoms with Gasteiger partial charge >= 0.3 is 0 Å². The minimum atomic E-state index is -0.290. The van der Waals surface area contributed by atoms with Crippen LogP contribution in [0.5, 0.6) is 0 Å². The van der Waals surface area contributed by atoms with Crippen molar-refractivity contribution in [3.8, 4) is 11.3 Å². The molecule has 1 aromatic heterocycles. The quantitative estimate of drug-likeness (QED) is 0.775. The fourth-order valence-electron chi connectivity index (χ4n) is 2.11. The summed E-state index contributed by atoms with van der Waals surface area (Å²) in [5.41, 5.74) is 1.97. The van der Waals surface area contributed by atoms with Gasteiger partial charge in [0.25, 0.3) is 0 Å². The molecule has 1 N–H and O–H groups in total. The lowest BCUT2D eigenvalue weighted by Crippen LogP contribution is -1.99. The number of aryl methyl sites for hydroxylation is 1. The molecule has 0 bridgehead atoms. The van der Waals surface area contributed by atoms with Gasteiger partial charge in [-0.05, 0) is 31.2 Å². The topological polar surface area (TPSA) is 37.8 Å². The average molecular weight is 279 g/mol. The number of hydrogen-bond acceptors (Lipinski definition) is 3. The Balaban J connectivity index is 1.99. The first-order chi connectivity index (χ1) is 10.2. The van der Waals surface area contributed by atoms with Crippen LogP contribution in [0.4, 0.5) is 15.9 Å². The molecule has 0 saturated heterocycles. The molecule has 3 nitrogen and oxygen atoms in total. The molecule has 0 fully saturated rings. The molecule has 0 aliphatic heterocycles. The minimum absolute atomic E-state index is 0.290. The Kier molecular flexibility index (Phi) is 3.60. The van der Waals surface area contributed by atoms with E-state index in [4.69, 9.17) is 0 Å². The second kappa shape index (κ2) is 5.71. The highest BCUT2D eigenvalue weighted by Gasteiger charge is 2.08. The standard InChI is InChI=1S/C17H14FN3/c1-12-19-16(14-9-5-6-10-15(14)18)11-17(20-12)21-13-7-3-2-4-8-13/h2-11H,1H3,(H,19,20,21). The lowest BCUT2D eigenvalue weighted by atomic mass is 10.1. The lowest BCUT2D eigenvalue weighted by Gasteiger charge is -2.09. The van der Waals surface area contributed by atoms with Gasteiger partial charge in [0.15, 0.2) is 0 Å². The van der Waals surface area contributed by atoms with E-state index in [1.165, 1.54) is 6.07 Å². The van der Waals surface area contributed by atoms with Gasteiger partial charge in [0.05, 0.1) is 5.69 Å². The zero-order valence-electron chi connectivity index (χ0n) is 11.5. The first kappa shape index (κ1) is 13.2. The first-order valence-corrected chi connectivity index (χ1v) is 6.65. The van der Waals surface area contributed by atoms with Crippen LogP contribution in [-0.4, -0.2) is 9.97 Å². The number of nitrogens with zero attached hydrogens (tertiary/aromatic N) is 2. The fourth-order valence-corrected chi connectivity index (χ4v) is 2.11. The summed E-state index contributed by atoms with van der Waals surface area (Å²) in [6.45, 7) is 1.79. The van der Waals surface area contributed by atoms with Gasteiger partial charge in [-0.1, -0.05) is 30.3 Å². The SMILES string of the molecule is Cc1nc(Nc2ccccc2)cc(-c2ccccc2F)n1. The van der Waals surface area contributed by atoms with Crippen molar-refractivity contribution in [2.75, 3.05) is 5.32 Å². The molecule has 1 heterocycles. The molecule has 0 aliphatic carbocycles. The number of anilines is 2. The number of para-hydroxylation sites is 1. The molecule has 4 heteroatoms. The van der Waals surface area contributed by atoms with E-state index < -0.39 is 0 Å². The summed E-state index contributed by atoms with van der Waals surface area (Å²) in [4.78, 5) is 8.66. The van der Waals surface area contributed by atoms with E-state index in [0.29, 0.717) is 22.9 Å². The van der Waals surface area contributed by atoms with Crippen molar-refractivity contribution in [2.24, 2.45) is 0 Å². The van der Waals surface area contributed by atoms with E-state index in [1.54, 1.807) is 31.2 Å². The van der Waals surface area contributed by atoms with Crippen LogP contribution in [-0.2, 0) is 0 Å². The Hall–Kier alpha value is -2.75. The van der Waals surface area contributed by atoms with E-state index >= 15 is 0 Å². The molecule has 0 atom stereocenters. The van der Waals surface area contributed by atoms with Crippen molar-refractivity contribution in [3.05, 3.63) is 72.3 Å². The second-order valence-electron chi connectivity index (χ2n) is 4.66. The molecular formula is C17H14FN3. The van der Waals surface area contributed by atoms with Crippen molar-refractivity contribution in [1.82, 2.24) is 9.97 Å². The zero-order valence-corrected chi connectivity index (χ0v) is 11.5. The maximum atomic E-state index is 13.9. The normalized spacial score (nSPS) is 10.4. The molecule has 0 saturated carbocycles. The molecule has 3 aromatic rings. The summed E-state index contributed by atoms with van der Waals surface area (Å²) in [7, 11) is 0. The van der Waals surface area contributed by atoms with Crippen LogP contribution < -0.4 is 5.32 Å². The number of rotatable bonds is 3. The summed E-state index contributed by atoms with van der Waals surface area (Å²) in [5, 5.41) is 3.20. The van der Waals surface area contributed by atoms with Gasteiger partial charge in [-0.15, -0.1) is 0 Å². The number of hydrogen-bond donors (Lipinski definition) is 1. The highest BCUT2D eigenvalue weighted by molar-refractivity contribution is 5.66. The summed E-state index contributed by atoms with van der Waals surface area (Å²) in [6, 6.07) is 18.1. The zero-order chi connectivity index (χ0) is 14.7. The van der Waals surface area contributed by atoms with E-state index in [2.05, 4.69) is 15.3 Å². The molecule has 0 radical (unpaired) electrons. The summed E-state index contributed by atoms with van der Waals surface area (Å²) in [6.07, 6.45) is 0. The highest BCUT2D eigenvalue weighted by Crippen LogP contribution is 2.24. The second-order valence-corrected chi connectivity index (χ2v) is 4.66. The first-order valence-electron chi connectivity index (χ1n) is 6.65. The summed E-state index contributed by atoms with van der Waals surface area (Å²) >= 11 is 0. The van der Waals surface area contributed by atoms with Crippen LogP contribution in [0.2, 0.25) is 0 Å². The maximum Gasteiger partial charge on any atom is 0.134 e. The summed E-state index contributed by atoms with van der Waals surface area (Å²) < 4.78 is 13.9. The van der Waals surface area contributed by atoms with Crippen molar-refractivity contribution in [3.63, 3.8) is 0 Å². The molecule has 3 rings (SSSR count). The van der Waals surface area contributed by atoms with E-state index in [-0.39, 0.29) is 5.82 Å². The largest absolute Gasteiger partial charge is 0.340 e.